The number of fused-ring (bicyclic) bond motifs is 1. The van der Waals surface area contributed by atoms with E-state index >= 15 is 0 Å². The molecule has 3 rings (SSSR count). The van der Waals surface area contributed by atoms with Crippen LogP contribution >= 0.6 is 0 Å². The summed E-state index contributed by atoms with van der Waals surface area (Å²) in [5, 5.41) is 3.47. The quantitative estimate of drug-likeness (QED) is 0.791. The van der Waals surface area contributed by atoms with Gasteiger partial charge in [0.25, 0.3) is 5.91 Å². The molecule has 3 N–H and O–H groups in total. The lowest BCUT2D eigenvalue weighted by Crippen LogP contribution is -2.29. The first kappa shape index (κ1) is 21.9. The Morgan fingerprint density at radius 3 is 2.68 bits per heavy atom. The third-order valence-corrected chi connectivity index (χ3v) is 4.62. The van der Waals surface area contributed by atoms with Crippen LogP contribution in [0.25, 0.3) is 16.5 Å². The van der Waals surface area contributed by atoms with E-state index in [1.54, 1.807) is 12.1 Å². The lowest BCUT2D eigenvalue weighted by molar-refractivity contribution is -0.175. The van der Waals surface area contributed by atoms with Gasteiger partial charge in [0.2, 0.25) is 0 Å². The van der Waals surface area contributed by atoms with Gasteiger partial charge in [-0.2, -0.15) is 13.2 Å². The topological polar surface area (TPSA) is 68.0 Å². The second-order valence-corrected chi connectivity index (χ2v) is 6.39. The van der Waals surface area contributed by atoms with E-state index in [4.69, 9.17) is 5.73 Å². The second kappa shape index (κ2) is 9.68. The third kappa shape index (κ3) is 5.10. The first-order valence-corrected chi connectivity index (χ1v) is 9.53. The molecule has 1 atom stereocenters. The van der Waals surface area contributed by atoms with Gasteiger partial charge in [-0.3, -0.25) is 9.78 Å². The van der Waals surface area contributed by atoms with Crippen LogP contribution in [0, 0.1) is 5.92 Å². The van der Waals surface area contributed by atoms with Gasteiger partial charge in [-0.15, -0.1) is 0 Å². The number of nitrogens with zero attached hydrogens (tertiary/aromatic N) is 1. The molecule has 0 spiro atoms. The van der Waals surface area contributed by atoms with E-state index in [1.165, 1.54) is 6.20 Å². The monoisotopic (exact) mass is 393 g/mol. The van der Waals surface area contributed by atoms with Gasteiger partial charge in [0, 0.05) is 30.2 Å². The van der Waals surface area contributed by atoms with E-state index < -0.39 is 12.1 Å². The van der Waals surface area contributed by atoms with Crippen molar-refractivity contribution in [1.29, 1.82) is 0 Å². The summed E-state index contributed by atoms with van der Waals surface area (Å²) in [7, 11) is 0. The number of carbonyl (C=O) groups excluding carboxylic acids is 1. The Balaban J connectivity index is 0.00000136. The number of halogens is 3. The summed E-state index contributed by atoms with van der Waals surface area (Å²) in [6, 6.07) is 7.27. The number of carbonyl (C=O) groups is 1. The summed E-state index contributed by atoms with van der Waals surface area (Å²) < 4.78 is 38.5. The van der Waals surface area contributed by atoms with Gasteiger partial charge >= 0.3 is 6.18 Å². The SMILES string of the molecule is CC.NCCNC(=O)c1cnc2c(C3=CCC(C(F)(F)F)CC3)cccc2c1. The lowest BCUT2D eigenvalue weighted by atomic mass is 9.85. The Hall–Kier alpha value is -2.41. The average molecular weight is 393 g/mol. The minimum absolute atomic E-state index is 0.00516. The van der Waals surface area contributed by atoms with Gasteiger partial charge < -0.3 is 11.1 Å². The maximum atomic E-state index is 12.8. The highest BCUT2D eigenvalue weighted by Crippen LogP contribution is 2.40. The molecule has 0 fully saturated rings. The van der Waals surface area contributed by atoms with Crippen molar-refractivity contribution in [2.45, 2.75) is 39.3 Å². The van der Waals surface area contributed by atoms with Crippen molar-refractivity contribution in [1.82, 2.24) is 10.3 Å². The summed E-state index contributed by atoms with van der Waals surface area (Å²) in [5.41, 5.74) is 8.21. The number of nitrogens with one attached hydrogen (secondary N) is 1. The Morgan fingerprint density at radius 1 is 1.32 bits per heavy atom. The zero-order valence-electron chi connectivity index (χ0n) is 16.1. The lowest BCUT2D eigenvalue weighted by Gasteiger charge is -2.24. The van der Waals surface area contributed by atoms with E-state index in [0.717, 1.165) is 16.5 Å². The highest BCUT2D eigenvalue weighted by atomic mass is 19.4. The summed E-state index contributed by atoms with van der Waals surface area (Å²) in [6.45, 7) is 4.73. The molecule has 2 aromatic rings. The van der Waals surface area contributed by atoms with E-state index in [0.29, 0.717) is 30.6 Å². The van der Waals surface area contributed by atoms with Crippen molar-refractivity contribution < 1.29 is 18.0 Å². The van der Waals surface area contributed by atoms with Gasteiger partial charge in [-0.1, -0.05) is 38.1 Å². The van der Waals surface area contributed by atoms with Crippen LogP contribution in [0.3, 0.4) is 0 Å². The molecule has 1 aromatic carbocycles. The van der Waals surface area contributed by atoms with E-state index in [-0.39, 0.29) is 18.7 Å². The molecule has 152 valence electrons. The molecule has 0 saturated heterocycles. The van der Waals surface area contributed by atoms with Crippen molar-refractivity contribution in [3.8, 4) is 0 Å². The summed E-state index contributed by atoms with van der Waals surface area (Å²) in [5.74, 6) is -1.52. The molecule has 1 heterocycles. The summed E-state index contributed by atoms with van der Waals surface area (Å²) in [4.78, 5) is 16.4. The fourth-order valence-corrected chi connectivity index (χ4v) is 3.21. The molecular formula is C21H26F3N3O. The van der Waals surface area contributed by atoms with Gasteiger partial charge in [0.05, 0.1) is 17.0 Å². The minimum Gasteiger partial charge on any atom is -0.351 e. The molecule has 4 nitrogen and oxygen atoms in total. The van der Waals surface area contributed by atoms with Crippen LogP contribution < -0.4 is 11.1 Å². The number of hydrogen-bond donors (Lipinski definition) is 2. The number of para-hydroxylation sites is 1. The smallest absolute Gasteiger partial charge is 0.351 e. The Morgan fingerprint density at radius 2 is 2.07 bits per heavy atom. The normalized spacial score (nSPS) is 16.8. The van der Waals surface area contributed by atoms with E-state index in [9.17, 15) is 18.0 Å². The highest BCUT2D eigenvalue weighted by Gasteiger charge is 2.39. The van der Waals surface area contributed by atoms with Gasteiger partial charge in [-0.25, -0.2) is 0 Å². The van der Waals surface area contributed by atoms with Crippen molar-refractivity contribution in [2.24, 2.45) is 11.7 Å². The molecule has 0 aliphatic heterocycles. The molecule has 0 radical (unpaired) electrons. The van der Waals surface area contributed by atoms with Crippen molar-refractivity contribution in [3.63, 3.8) is 0 Å². The molecule has 1 amide bonds. The van der Waals surface area contributed by atoms with Crippen molar-refractivity contribution in [3.05, 3.63) is 47.7 Å². The molecule has 7 heteroatoms. The number of hydrogen-bond acceptors (Lipinski definition) is 3. The molecule has 1 aliphatic carbocycles. The number of nitrogens with two attached hydrogens (primary N) is 1. The standard InChI is InChI=1S/C19H20F3N3O.C2H6/c20-19(21,22)15-6-4-12(5-7-15)16-3-1-2-13-10-14(11-25-17(13)16)18(26)24-9-8-23;1-2/h1-4,10-11,15H,5-9,23H2,(H,24,26);1-2H3. The van der Waals surface area contributed by atoms with Crippen LogP contribution in [0.1, 0.15) is 49.0 Å². The fraction of sp³-hybridized carbons (Fsp3) is 0.429. The molecule has 0 saturated carbocycles. The molecule has 0 bridgehead atoms. The first-order chi connectivity index (χ1) is 13.4. The van der Waals surface area contributed by atoms with Crippen LogP contribution in [0.2, 0.25) is 0 Å². The number of pyridine rings is 1. The maximum absolute atomic E-state index is 12.8. The van der Waals surface area contributed by atoms with Crippen LogP contribution in [0.4, 0.5) is 13.2 Å². The summed E-state index contributed by atoms with van der Waals surface area (Å²) in [6.07, 6.45) is -0.547. The largest absolute Gasteiger partial charge is 0.392 e. The van der Waals surface area contributed by atoms with Crippen molar-refractivity contribution >= 4 is 22.4 Å². The van der Waals surface area contributed by atoms with Crippen LogP contribution in [-0.4, -0.2) is 30.2 Å². The zero-order valence-corrected chi connectivity index (χ0v) is 16.1. The zero-order chi connectivity index (χ0) is 20.7. The maximum Gasteiger partial charge on any atom is 0.392 e. The van der Waals surface area contributed by atoms with E-state index in [2.05, 4.69) is 10.3 Å². The number of rotatable bonds is 4. The van der Waals surface area contributed by atoms with Gasteiger partial charge in [0.1, 0.15) is 0 Å². The number of alkyl halides is 3. The van der Waals surface area contributed by atoms with Crippen LogP contribution in [0.5, 0.6) is 0 Å². The molecule has 1 aliphatic rings. The molecule has 1 unspecified atom stereocenters. The Kier molecular flexibility index (Phi) is 7.57. The fourth-order valence-electron chi connectivity index (χ4n) is 3.21. The second-order valence-electron chi connectivity index (χ2n) is 6.39. The number of aromatic nitrogens is 1. The van der Waals surface area contributed by atoms with Gasteiger partial charge in [-0.05, 0) is 30.9 Å². The Bertz CT molecular complexity index is 846. The molecule has 28 heavy (non-hydrogen) atoms. The molecular weight excluding hydrogens is 367 g/mol. The highest BCUT2D eigenvalue weighted by molar-refractivity contribution is 5.99. The number of benzene rings is 1. The van der Waals surface area contributed by atoms with Crippen LogP contribution in [0.15, 0.2) is 36.5 Å². The van der Waals surface area contributed by atoms with Gasteiger partial charge in [0.15, 0.2) is 0 Å². The summed E-state index contributed by atoms with van der Waals surface area (Å²) >= 11 is 0. The average Bonchev–Trinajstić information content (AvgIpc) is 2.72. The first-order valence-electron chi connectivity index (χ1n) is 9.53. The third-order valence-electron chi connectivity index (χ3n) is 4.62. The van der Waals surface area contributed by atoms with Crippen LogP contribution in [-0.2, 0) is 0 Å². The number of allylic oxidation sites excluding steroid dienone is 2. The number of amides is 1. The predicted octanol–water partition coefficient (Wildman–Crippen LogP) is 4.70. The minimum atomic E-state index is -4.15. The Labute approximate surface area is 163 Å². The molecule has 1 aromatic heterocycles. The van der Waals surface area contributed by atoms with E-state index in [1.807, 2.05) is 32.0 Å². The predicted molar refractivity (Wildman–Crippen MR) is 106 cm³/mol. The van der Waals surface area contributed by atoms with Crippen molar-refractivity contribution in [2.75, 3.05) is 13.1 Å².